The molecule has 0 aliphatic heterocycles. The highest BCUT2D eigenvalue weighted by Crippen LogP contribution is 2.31. The Labute approximate surface area is 167 Å². The maximum Gasteiger partial charge on any atom is 0.256 e. The molecule has 1 amide bonds. The van der Waals surface area contributed by atoms with E-state index in [-0.39, 0.29) is 5.91 Å². The van der Waals surface area contributed by atoms with Crippen LogP contribution in [-0.2, 0) is 7.05 Å². The molecule has 4 aromatic rings. The van der Waals surface area contributed by atoms with E-state index in [4.69, 9.17) is 9.15 Å². The smallest absolute Gasteiger partial charge is 0.256 e. The van der Waals surface area contributed by atoms with Gasteiger partial charge in [0.1, 0.15) is 11.6 Å². The molecule has 2 heterocycles. The van der Waals surface area contributed by atoms with Gasteiger partial charge in [-0.1, -0.05) is 18.2 Å². The van der Waals surface area contributed by atoms with E-state index in [2.05, 4.69) is 20.5 Å². The molecule has 0 saturated carbocycles. The van der Waals surface area contributed by atoms with Gasteiger partial charge in [0.25, 0.3) is 5.91 Å². The summed E-state index contributed by atoms with van der Waals surface area (Å²) in [5, 5.41) is 10.8. The van der Waals surface area contributed by atoms with Crippen molar-refractivity contribution in [3.8, 4) is 28.6 Å². The molecule has 2 aromatic heterocycles. The van der Waals surface area contributed by atoms with Crippen LogP contribution < -0.4 is 10.1 Å². The van der Waals surface area contributed by atoms with Gasteiger partial charge in [-0.3, -0.25) is 4.79 Å². The third-order valence-electron chi connectivity index (χ3n) is 4.45. The number of ether oxygens (including phenoxy) is 1. The highest BCUT2D eigenvalue weighted by atomic mass is 16.5. The van der Waals surface area contributed by atoms with Crippen molar-refractivity contribution in [3.05, 3.63) is 66.3 Å². The summed E-state index contributed by atoms with van der Waals surface area (Å²) in [6.07, 6.45) is 3.53. The fourth-order valence-electron chi connectivity index (χ4n) is 3.04. The van der Waals surface area contributed by atoms with Gasteiger partial charge in [0, 0.05) is 37.5 Å². The Kier molecular flexibility index (Phi) is 4.82. The minimum absolute atomic E-state index is 0.277. The largest absolute Gasteiger partial charge is 0.495 e. The van der Waals surface area contributed by atoms with E-state index in [1.54, 1.807) is 44.5 Å². The lowest BCUT2D eigenvalue weighted by Crippen LogP contribution is -2.14. The Morgan fingerprint density at radius 3 is 2.69 bits per heavy atom. The summed E-state index contributed by atoms with van der Waals surface area (Å²) < 4.78 is 12.8. The van der Waals surface area contributed by atoms with Gasteiger partial charge in [0.2, 0.25) is 11.8 Å². The molecule has 8 heteroatoms. The Hall–Kier alpha value is -3.94. The van der Waals surface area contributed by atoms with Crippen LogP contribution in [0.15, 0.2) is 59.3 Å². The number of hydrogen-bond donors (Lipinski definition) is 1. The fraction of sp³-hybridized carbons (Fsp3) is 0.143. The molecule has 0 saturated heterocycles. The maximum atomic E-state index is 13.1. The summed E-state index contributed by atoms with van der Waals surface area (Å²) in [6, 6.07) is 12.6. The number of aryl methyl sites for hydroxylation is 2. The number of hydrogen-bond acceptors (Lipinski definition) is 6. The molecular formula is C21H19N5O3. The lowest BCUT2D eigenvalue weighted by atomic mass is 10.1. The normalized spacial score (nSPS) is 10.7. The van der Waals surface area contributed by atoms with Crippen LogP contribution in [0.1, 0.15) is 16.2 Å². The van der Waals surface area contributed by atoms with E-state index < -0.39 is 0 Å². The van der Waals surface area contributed by atoms with Gasteiger partial charge < -0.3 is 19.0 Å². The summed E-state index contributed by atoms with van der Waals surface area (Å²) in [7, 11) is 3.43. The Morgan fingerprint density at radius 1 is 1.17 bits per heavy atom. The highest BCUT2D eigenvalue weighted by Gasteiger charge is 2.18. The van der Waals surface area contributed by atoms with Gasteiger partial charge in [-0.2, -0.15) is 0 Å². The van der Waals surface area contributed by atoms with Crippen molar-refractivity contribution in [1.29, 1.82) is 0 Å². The van der Waals surface area contributed by atoms with E-state index in [1.165, 1.54) is 0 Å². The van der Waals surface area contributed by atoms with Gasteiger partial charge in [0.05, 0.1) is 18.4 Å². The molecule has 0 aliphatic rings. The summed E-state index contributed by atoms with van der Waals surface area (Å²) in [5.41, 5.74) is 2.42. The minimum atomic E-state index is -0.277. The molecule has 146 valence electrons. The minimum Gasteiger partial charge on any atom is -0.495 e. The van der Waals surface area contributed by atoms with Crippen LogP contribution in [0, 0.1) is 6.92 Å². The first-order valence-corrected chi connectivity index (χ1v) is 8.93. The molecule has 29 heavy (non-hydrogen) atoms. The maximum absolute atomic E-state index is 13.1. The third-order valence-corrected chi connectivity index (χ3v) is 4.45. The number of carbonyl (C=O) groups is 1. The second-order valence-corrected chi connectivity index (χ2v) is 6.40. The number of anilines is 1. The molecule has 0 radical (unpaired) electrons. The lowest BCUT2D eigenvalue weighted by molar-refractivity contribution is 0.102. The van der Waals surface area contributed by atoms with E-state index in [0.29, 0.717) is 40.2 Å². The number of aromatic nitrogens is 4. The van der Waals surface area contributed by atoms with Crippen LogP contribution in [0.25, 0.3) is 22.8 Å². The second kappa shape index (κ2) is 7.59. The van der Waals surface area contributed by atoms with Crippen molar-refractivity contribution >= 4 is 11.6 Å². The fourth-order valence-corrected chi connectivity index (χ4v) is 3.04. The Bertz CT molecular complexity index is 1180. The molecule has 0 bridgehead atoms. The highest BCUT2D eigenvalue weighted by molar-refractivity contribution is 6.09. The number of benzene rings is 2. The average molecular weight is 389 g/mol. The predicted octanol–water partition coefficient (Wildman–Crippen LogP) is 3.71. The van der Waals surface area contributed by atoms with Gasteiger partial charge in [-0.15, -0.1) is 10.2 Å². The van der Waals surface area contributed by atoms with Crippen molar-refractivity contribution < 1.29 is 13.9 Å². The second-order valence-electron chi connectivity index (χ2n) is 6.40. The van der Waals surface area contributed by atoms with Gasteiger partial charge in [-0.05, 0) is 24.3 Å². The number of rotatable bonds is 5. The first-order valence-electron chi connectivity index (χ1n) is 8.93. The average Bonchev–Trinajstić information content (AvgIpc) is 3.36. The molecule has 2 aromatic carbocycles. The summed E-state index contributed by atoms with van der Waals surface area (Å²) in [5.74, 6) is 1.78. The first kappa shape index (κ1) is 18.4. The lowest BCUT2D eigenvalue weighted by Gasteiger charge is -2.13. The molecule has 0 aliphatic carbocycles. The summed E-state index contributed by atoms with van der Waals surface area (Å²) >= 11 is 0. The van der Waals surface area contributed by atoms with E-state index >= 15 is 0 Å². The number of methoxy groups -OCH3 is 1. The van der Waals surface area contributed by atoms with Crippen LogP contribution in [0.3, 0.4) is 0 Å². The quantitative estimate of drug-likeness (QED) is 0.559. The van der Waals surface area contributed by atoms with Gasteiger partial charge >= 0.3 is 0 Å². The van der Waals surface area contributed by atoms with Crippen molar-refractivity contribution in [2.24, 2.45) is 7.05 Å². The van der Waals surface area contributed by atoms with E-state index in [0.717, 1.165) is 5.56 Å². The molecule has 0 fully saturated rings. The van der Waals surface area contributed by atoms with Gasteiger partial charge in [-0.25, -0.2) is 4.98 Å². The van der Waals surface area contributed by atoms with Crippen LogP contribution in [0.5, 0.6) is 5.75 Å². The van der Waals surface area contributed by atoms with Crippen LogP contribution >= 0.6 is 0 Å². The van der Waals surface area contributed by atoms with Crippen molar-refractivity contribution in [3.63, 3.8) is 0 Å². The van der Waals surface area contributed by atoms with Crippen molar-refractivity contribution in [2.75, 3.05) is 12.4 Å². The molecule has 4 rings (SSSR count). The Morgan fingerprint density at radius 2 is 2.00 bits per heavy atom. The van der Waals surface area contributed by atoms with Crippen LogP contribution in [0.4, 0.5) is 5.69 Å². The number of amides is 1. The molecule has 0 unspecified atom stereocenters. The predicted molar refractivity (Wildman–Crippen MR) is 108 cm³/mol. The monoisotopic (exact) mass is 389 g/mol. The first-order chi connectivity index (χ1) is 14.1. The summed E-state index contributed by atoms with van der Waals surface area (Å²) in [4.78, 5) is 17.5. The standard InChI is InChI=1S/C21H19N5O3/c1-13-24-25-21(29-13)14-8-9-18(28-3)17(12-14)23-20(27)16-7-5-4-6-15(16)19-22-10-11-26(19)2/h4-12H,1-3H3,(H,23,27). The zero-order valence-corrected chi connectivity index (χ0v) is 16.2. The van der Waals surface area contributed by atoms with E-state index in [1.807, 2.05) is 36.0 Å². The molecule has 1 N–H and O–H groups in total. The summed E-state index contributed by atoms with van der Waals surface area (Å²) in [6.45, 7) is 1.72. The zero-order chi connectivity index (χ0) is 20.4. The number of imidazole rings is 1. The third kappa shape index (κ3) is 3.60. The van der Waals surface area contributed by atoms with Crippen LogP contribution in [-0.4, -0.2) is 32.8 Å². The molecule has 0 atom stereocenters. The number of nitrogens with zero attached hydrogens (tertiary/aromatic N) is 4. The van der Waals surface area contributed by atoms with Crippen LogP contribution in [0.2, 0.25) is 0 Å². The Balaban J connectivity index is 1.70. The molecule has 0 spiro atoms. The zero-order valence-electron chi connectivity index (χ0n) is 16.2. The molecular weight excluding hydrogens is 370 g/mol. The number of nitrogens with one attached hydrogen (secondary N) is 1. The van der Waals surface area contributed by atoms with Crippen molar-refractivity contribution in [2.45, 2.75) is 6.92 Å². The van der Waals surface area contributed by atoms with Crippen molar-refractivity contribution in [1.82, 2.24) is 19.7 Å². The number of carbonyl (C=O) groups excluding carboxylic acids is 1. The van der Waals surface area contributed by atoms with E-state index in [9.17, 15) is 4.79 Å². The topological polar surface area (TPSA) is 95.1 Å². The van der Waals surface area contributed by atoms with Gasteiger partial charge in [0.15, 0.2) is 0 Å². The molecule has 8 nitrogen and oxygen atoms in total. The SMILES string of the molecule is COc1ccc(-c2nnc(C)o2)cc1NC(=O)c1ccccc1-c1nccn1C.